The average Bonchev–Trinajstić information content (AvgIpc) is 2.65. The van der Waals surface area contributed by atoms with Crippen molar-refractivity contribution in [3.8, 4) is 11.5 Å². The summed E-state index contributed by atoms with van der Waals surface area (Å²) in [5.41, 5.74) is 0.537. The van der Waals surface area contributed by atoms with Crippen LogP contribution in [0.5, 0.6) is 11.5 Å². The van der Waals surface area contributed by atoms with E-state index < -0.39 is 36.8 Å². The van der Waals surface area contributed by atoms with E-state index in [2.05, 4.69) is 10.6 Å². The van der Waals surface area contributed by atoms with Gasteiger partial charge in [0.25, 0.3) is 11.8 Å². The van der Waals surface area contributed by atoms with Gasteiger partial charge in [-0.15, -0.1) is 0 Å². The largest absolute Gasteiger partial charge is 0.508 e. The molecule has 0 aromatic heterocycles. The number of benzene rings is 2. The number of carbonyl (C=O) groups excluding carboxylic acids is 2. The molecule has 0 spiro atoms. The van der Waals surface area contributed by atoms with Gasteiger partial charge in [-0.1, -0.05) is 6.07 Å². The topological polar surface area (TPSA) is 173 Å². The normalized spacial score (nSPS) is 9.43. The van der Waals surface area contributed by atoms with Gasteiger partial charge in [-0.3, -0.25) is 19.2 Å². The first kappa shape index (κ1) is 22.0. The van der Waals surface area contributed by atoms with Crippen molar-refractivity contribution in [2.24, 2.45) is 0 Å². The van der Waals surface area contributed by atoms with E-state index in [1.807, 2.05) is 0 Å². The maximum absolute atomic E-state index is 11.2. The van der Waals surface area contributed by atoms with Crippen molar-refractivity contribution in [3.63, 3.8) is 0 Å². The minimum atomic E-state index is -1.11. The zero-order valence-corrected chi connectivity index (χ0v) is 14.5. The van der Waals surface area contributed by atoms with E-state index in [0.717, 1.165) is 0 Å². The van der Waals surface area contributed by atoms with E-state index in [9.17, 15) is 19.2 Å². The van der Waals surface area contributed by atoms with Crippen LogP contribution in [-0.2, 0) is 9.59 Å². The molecule has 0 bridgehead atoms. The molecule has 2 amide bonds. The highest BCUT2D eigenvalue weighted by Crippen LogP contribution is 2.10. The molecule has 0 aliphatic heterocycles. The summed E-state index contributed by atoms with van der Waals surface area (Å²) in [5.74, 6) is -3.20. The van der Waals surface area contributed by atoms with Crippen molar-refractivity contribution in [1.29, 1.82) is 0 Å². The van der Waals surface area contributed by atoms with Crippen LogP contribution in [0.25, 0.3) is 0 Å². The van der Waals surface area contributed by atoms with Crippen LogP contribution >= 0.6 is 0 Å². The molecule has 2 aromatic rings. The molecule has 0 aliphatic carbocycles. The number of phenols is 2. The van der Waals surface area contributed by atoms with Crippen LogP contribution in [-0.4, -0.2) is 57.3 Å². The number of carboxylic acids is 2. The molecule has 2 rings (SSSR count). The van der Waals surface area contributed by atoms with Gasteiger partial charge in [-0.05, 0) is 42.5 Å². The molecule has 10 heteroatoms. The van der Waals surface area contributed by atoms with Gasteiger partial charge < -0.3 is 31.1 Å². The summed E-state index contributed by atoms with van der Waals surface area (Å²) in [6.07, 6.45) is 0. The fraction of sp³-hybridized carbons (Fsp3) is 0.111. The standard InChI is InChI=1S/2C9H9NO4/c11-7-3-1-6(2-4-7)9(14)10-5-8(12)13;11-7-3-1-2-6(4-7)9(14)10-5-8(12)13/h2*1-4,11H,5H2,(H,10,14)(H,12,13). The van der Waals surface area contributed by atoms with E-state index >= 15 is 0 Å². The highest BCUT2D eigenvalue weighted by molar-refractivity contribution is 5.96. The van der Waals surface area contributed by atoms with Gasteiger partial charge in [0.15, 0.2) is 0 Å². The second-order valence-electron chi connectivity index (χ2n) is 5.25. The van der Waals surface area contributed by atoms with Crippen molar-refractivity contribution in [2.45, 2.75) is 0 Å². The maximum atomic E-state index is 11.2. The second kappa shape index (κ2) is 10.8. The van der Waals surface area contributed by atoms with Gasteiger partial charge in [0.05, 0.1) is 0 Å². The summed E-state index contributed by atoms with van der Waals surface area (Å²) >= 11 is 0. The van der Waals surface area contributed by atoms with Crippen LogP contribution in [0.2, 0.25) is 0 Å². The van der Waals surface area contributed by atoms with Crippen molar-refractivity contribution in [2.75, 3.05) is 13.1 Å². The van der Waals surface area contributed by atoms with Crippen molar-refractivity contribution >= 4 is 23.8 Å². The Labute approximate surface area is 159 Å². The Morgan fingerprint density at radius 3 is 1.64 bits per heavy atom. The number of rotatable bonds is 6. The number of carboxylic acid groups (broad SMARTS) is 2. The van der Waals surface area contributed by atoms with Crippen molar-refractivity contribution in [1.82, 2.24) is 10.6 Å². The van der Waals surface area contributed by atoms with Crippen molar-refractivity contribution in [3.05, 3.63) is 59.7 Å². The Morgan fingerprint density at radius 2 is 1.18 bits per heavy atom. The number of carbonyl (C=O) groups is 4. The first-order valence-electron chi connectivity index (χ1n) is 7.77. The molecule has 0 atom stereocenters. The molecule has 0 saturated carbocycles. The quantitative estimate of drug-likeness (QED) is 0.411. The molecule has 148 valence electrons. The lowest BCUT2D eigenvalue weighted by molar-refractivity contribution is -0.136. The van der Waals surface area contributed by atoms with E-state index in [0.29, 0.717) is 5.56 Å². The minimum absolute atomic E-state index is 0.0343. The molecule has 0 aliphatic rings. The fourth-order valence-corrected chi connectivity index (χ4v) is 1.78. The zero-order valence-electron chi connectivity index (χ0n) is 14.5. The Balaban J connectivity index is 0.000000280. The lowest BCUT2D eigenvalue weighted by atomic mass is 10.2. The molecule has 0 unspecified atom stereocenters. The first-order valence-corrected chi connectivity index (χ1v) is 7.77. The predicted octanol–water partition coefficient (Wildman–Crippen LogP) is 0.413. The van der Waals surface area contributed by atoms with Gasteiger partial charge in [-0.2, -0.15) is 0 Å². The molecule has 0 saturated heterocycles. The number of phenolic OH excluding ortho intramolecular Hbond substituents is 2. The minimum Gasteiger partial charge on any atom is -0.508 e. The third kappa shape index (κ3) is 8.34. The molecule has 2 aromatic carbocycles. The smallest absolute Gasteiger partial charge is 0.322 e. The Bertz CT molecular complexity index is 849. The third-order valence-electron chi connectivity index (χ3n) is 3.04. The van der Waals surface area contributed by atoms with Crippen LogP contribution in [0.3, 0.4) is 0 Å². The molecule has 0 fully saturated rings. The average molecular weight is 390 g/mol. The van der Waals surface area contributed by atoms with Crippen molar-refractivity contribution < 1.29 is 39.6 Å². The molecule has 28 heavy (non-hydrogen) atoms. The number of hydrogen-bond donors (Lipinski definition) is 6. The summed E-state index contributed by atoms with van der Waals surface area (Å²) in [4.78, 5) is 42.7. The molecular weight excluding hydrogens is 372 g/mol. The van der Waals surface area contributed by atoms with Crippen LogP contribution in [0.1, 0.15) is 20.7 Å². The van der Waals surface area contributed by atoms with Gasteiger partial charge in [-0.25, -0.2) is 0 Å². The van der Waals surface area contributed by atoms with Gasteiger partial charge in [0, 0.05) is 11.1 Å². The second-order valence-corrected chi connectivity index (χ2v) is 5.25. The van der Waals surface area contributed by atoms with Crippen LogP contribution in [0.4, 0.5) is 0 Å². The van der Waals surface area contributed by atoms with Crippen LogP contribution < -0.4 is 10.6 Å². The summed E-state index contributed by atoms with van der Waals surface area (Å²) in [6, 6.07) is 11.2. The number of nitrogens with one attached hydrogen (secondary N) is 2. The Hall–Kier alpha value is -4.08. The summed E-state index contributed by atoms with van der Waals surface area (Å²) in [7, 11) is 0. The van der Waals surface area contributed by atoms with Crippen LogP contribution in [0.15, 0.2) is 48.5 Å². The lowest BCUT2D eigenvalue weighted by Crippen LogP contribution is -2.29. The number of aromatic hydroxyl groups is 2. The molecule has 10 nitrogen and oxygen atoms in total. The predicted molar refractivity (Wildman–Crippen MR) is 96.2 cm³/mol. The highest BCUT2D eigenvalue weighted by Gasteiger charge is 2.07. The first-order chi connectivity index (χ1) is 13.2. The Kier molecular flexibility index (Phi) is 8.48. The zero-order chi connectivity index (χ0) is 21.1. The molecule has 6 N–H and O–H groups in total. The molecule has 0 heterocycles. The fourth-order valence-electron chi connectivity index (χ4n) is 1.78. The highest BCUT2D eigenvalue weighted by atomic mass is 16.4. The molecule has 0 radical (unpaired) electrons. The summed E-state index contributed by atoms with van der Waals surface area (Å²) in [5, 5.41) is 38.9. The monoisotopic (exact) mass is 390 g/mol. The van der Waals surface area contributed by atoms with Gasteiger partial charge >= 0.3 is 11.9 Å². The summed E-state index contributed by atoms with van der Waals surface area (Å²) in [6.45, 7) is -0.853. The summed E-state index contributed by atoms with van der Waals surface area (Å²) < 4.78 is 0. The SMILES string of the molecule is O=C(O)CNC(=O)c1ccc(O)cc1.O=C(O)CNC(=O)c1cccc(O)c1. The Morgan fingerprint density at radius 1 is 0.679 bits per heavy atom. The van der Waals surface area contributed by atoms with E-state index in [1.54, 1.807) is 0 Å². The van der Waals surface area contributed by atoms with E-state index in [1.165, 1.54) is 48.5 Å². The lowest BCUT2D eigenvalue weighted by Gasteiger charge is -2.01. The maximum Gasteiger partial charge on any atom is 0.322 e. The number of aliphatic carboxylic acids is 2. The molecular formula is C18H18N2O8. The van der Waals surface area contributed by atoms with E-state index in [4.69, 9.17) is 20.4 Å². The number of amides is 2. The third-order valence-corrected chi connectivity index (χ3v) is 3.04. The van der Waals surface area contributed by atoms with Gasteiger partial charge in [0.2, 0.25) is 0 Å². The number of hydrogen-bond acceptors (Lipinski definition) is 6. The van der Waals surface area contributed by atoms with E-state index in [-0.39, 0.29) is 17.1 Å². The van der Waals surface area contributed by atoms with Crippen LogP contribution in [0, 0.1) is 0 Å². The van der Waals surface area contributed by atoms with Gasteiger partial charge in [0.1, 0.15) is 24.6 Å².